The molecule has 1 fully saturated rings. The highest BCUT2D eigenvalue weighted by molar-refractivity contribution is 5.34. The summed E-state index contributed by atoms with van der Waals surface area (Å²) in [6.07, 6.45) is 6.97. The van der Waals surface area contributed by atoms with Crippen LogP contribution < -0.4 is 5.32 Å². The molecule has 1 saturated heterocycles. The number of hydrogen-bond donors (Lipinski definition) is 1. The molecule has 0 amide bonds. The van der Waals surface area contributed by atoms with E-state index in [1.165, 1.54) is 32.0 Å². The number of nitriles is 1. The second kappa shape index (κ2) is 6.31. The molecule has 18 heavy (non-hydrogen) atoms. The monoisotopic (exact) mass is 245 g/mol. The van der Waals surface area contributed by atoms with Crippen molar-refractivity contribution in [1.29, 1.82) is 5.26 Å². The van der Waals surface area contributed by atoms with Crippen LogP contribution in [-0.2, 0) is 0 Å². The molecule has 2 rings (SSSR count). The number of hydrogen-bond acceptors (Lipinski definition) is 5. The van der Waals surface area contributed by atoms with E-state index in [2.05, 4.69) is 27.1 Å². The lowest BCUT2D eigenvalue weighted by atomic mass is 10.0. The molecule has 0 aromatic carbocycles. The molecule has 1 aromatic heterocycles. The van der Waals surface area contributed by atoms with Crippen molar-refractivity contribution in [3.8, 4) is 6.07 Å². The van der Waals surface area contributed by atoms with Crippen LogP contribution in [0.5, 0.6) is 0 Å². The molecule has 1 unspecified atom stereocenters. The van der Waals surface area contributed by atoms with Gasteiger partial charge < -0.3 is 5.32 Å². The molecular formula is C13H19N5. The Kier molecular flexibility index (Phi) is 4.48. The third-order valence-corrected chi connectivity index (χ3v) is 3.42. The Morgan fingerprint density at radius 2 is 2.39 bits per heavy atom. The van der Waals surface area contributed by atoms with Crippen LogP contribution in [0.4, 0.5) is 5.82 Å². The highest BCUT2D eigenvalue weighted by Gasteiger charge is 2.20. The van der Waals surface area contributed by atoms with Crippen molar-refractivity contribution >= 4 is 5.82 Å². The number of nitrogens with zero attached hydrogens (tertiary/aromatic N) is 4. The molecule has 2 heterocycles. The van der Waals surface area contributed by atoms with Crippen LogP contribution in [0.2, 0.25) is 0 Å². The Morgan fingerprint density at radius 1 is 1.50 bits per heavy atom. The van der Waals surface area contributed by atoms with Gasteiger partial charge in [0, 0.05) is 12.6 Å². The zero-order valence-corrected chi connectivity index (χ0v) is 10.8. The fourth-order valence-corrected chi connectivity index (χ4v) is 2.43. The largest absolute Gasteiger partial charge is 0.367 e. The Balaban J connectivity index is 1.91. The van der Waals surface area contributed by atoms with Gasteiger partial charge in [0.15, 0.2) is 5.69 Å². The average molecular weight is 245 g/mol. The summed E-state index contributed by atoms with van der Waals surface area (Å²) in [4.78, 5) is 10.7. The first-order chi connectivity index (χ1) is 8.83. The summed E-state index contributed by atoms with van der Waals surface area (Å²) in [5.41, 5.74) is 0.357. The van der Waals surface area contributed by atoms with E-state index >= 15 is 0 Å². The van der Waals surface area contributed by atoms with Gasteiger partial charge in [-0.3, -0.25) is 9.88 Å². The van der Waals surface area contributed by atoms with Gasteiger partial charge in [0.2, 0.25) is 0 Å². The molecule has 1 aromatic rings. The van der Waals surface area contributed by atoms with Gasteiger partial charge in [-0.2, -0.15) is 5.26 Å². The molecule has 1 aliphatic rings. The number of aromatic nitrogens is 2. The number of rotatable bonds is 4. The zero-order chi connectivity index (χ0) is 12.8. The lowest BCUT2D eigenvalue weighted by Crippen LogP contribution is -2.43. The lowest BCUT2D eigenvalue weighted by Gasteiger charge is -2.34. The van der Waals surface area contributed by atoms with E-state index in [9.17, 15) is 0 Å². The number of piperidine rings is 1. The van der Waals surface area contributed by atoms with Crippen LogP contribution in [0.3, 0.4) is 0 Å². The van der Waals surface area contributed by atoms with Crippen molar-refractivity contribution in [2.24, 2.45) is 0 Å². The number of nitrogens with one attached hydrogen (secondary N) is 1. The van der Waals surface area contributed by atoms with Gasteiger partial charge in [0.25, 0.3) is 0 Å². The summed E-state index contributed by atoms with van der Waals surface area (Å²) >= 11 is 0. The van der Waals surface area contributed by atoms with Crippen LogP contribution in [0.25, 0.3) is 0 Å². The van der Waals surface area contributed by atoms with Crippen LogP contribution in [0.1, 0.15) is 31.9 Å². The molecule has 5 heteroatoms. The maximum Gasteiger partial charge on any atom is 0.161 e. The second-order valence-electron chi connectivity index (χ2n) is 4.56. The SMILES string of the molecule is CCN1CCCCC1CNc1cncc(C#N)n1. The molecular weight excluding hydrogens is 226 g/mol. The zero-order valence-electron chi connectivity index (χ0n) is 10.8. The first-order valence-electron chi connectivity index (χ1n) is 6.53. The molecule has 96 valence electrons. The predicted molar refractivity (Wildman–Crippen MR) is 70.1 cm³/mol. The third-order valence-electron chi connectivity index (χ3n) is 3.42. The first-order valence-corrected chi connectivity index (χ1v) is 6.53. The fourth-order valence-electron chi connectivity index (χ4n) is 2.43. The van der Waals surface area contributed by atoms with Gasteiger partial charge in [-0.25, -0.2) is 4.98 Å². The van der Waals surface area contributed by atoms with Crippen molar-refractivity contribution in [2.45, 2.75) is 32.2 Å². The van der Waals surface area contributed by atoms with Crippen LogP contribution >= 0.6 is 0 Å². The molecule has 0 radical (unpaired) electrons. The van der Waals surface area contributed by atoms with E-state index in [1.807, 2.05) is 6.07 Å². The highest BCUT2D eigenvalue weighted by atomic mass is 15.2. The van der Waals surface area contributed by atoms with Gasteiger partial charge in [0.05, 0.1) is 12.4 Å². The summed E-state index contributed by atoms with van der Waals surface area (Å²) in [5.74, 6) is 0.690. The maximum absolute atomic E-state index is 8.77. The smallest absolute Gasteiger partial charge is 0.161 e. The Labute approximate surface area is 108 Å². The molecule has 0 bridgehead atoms. The molecule has 1 aliphatic heterocycles. The molecule has 0 spiro atoms. The highest BCUT2D eigenvalue weighted by Crippen LogP contribution is 2.16. The normalized spacial score (nSPS) is 20.3. The predicted octanol–water partition coefficient (Wildman–Crippen LogP) is 1.63. The minimum Gasteiger partial charge on any atom is -0.367 e. The lowest BCUT2D eigenvalue weighted by molar-refractivity contribution is 0.164. The molecule has 0 aliphatic carbocycles. The minimum atomic E-state index is 0.357. The summed E-state index contributed by atoms with van der Waals surface area (Å²) < 4.78 is 0. The second-order valence-corrected chi connectivity index (χ2v) is 4.56. The topological polar surface area (TPSA) is 64.8 Å². The minimum absolute atomic E-state index is 0.357. The van der Waals surface area contributed by atoms with E-state index < -0.39 is 0 Å². The van der Waals surface area contributed by atoms with E-state index in [1.54, 1.807) is 6.20 Å². The van der Waals surface area contributed by atoms with Crippen LogP contribution in [-0.4, -0.2) is 40.5 Å². The maximum atomic E-state index is 8.77. The Hall–Kier alpha value is -1.67. The Morgan fingerprint density at radius 3 is 3.17 bits per heavy atom. The number of likely N-dealkylation sites (tertiary alicyclic amines) is 1. The van der Waals surface area contributed by atoms with Crippen LogP contribution in [0, 0.1) is 11.3 Å². The van der Waals surface area contributed by atoms with E-state index in [0.29, 0.717) is 17.6 Å². The first kappa shape index (κ1) is 12.8. The van der Waals surface area contributed by atoms with Crippen molar-refractivity contribution < 1.29 is 0 Å². The molecule has 1 N–H and O–H groups in total. The van der Waals surface area contributed by atoms with Gasteiger partial charge in [0.1, 0.15) is 11.9 Å². The van der Waals surface area contributed by atoms with Crippen molar-refractivity contribution in [2.75, 3.05) is 25.0 Å². The Bertz CT molecular complexity index is 426. The van der Waals surface area contributed by atoms with E-state index in [4.69, 9.17) is 5.26 Å². The number of anilines is 1. The molecule has 5 nitrogen and oxygen atoms in total. The van der Waals surface area contributed by atoms with Gasteiger partial charge >= 0.3 is 0 Å². The third kappa shape index (κ3) is 3.17. The molecule has 1 atom stereocenters. The summed E-state index contributed by atoms with van der Waals surface area (Å²) in [5, 5.41) is 12.1. The fraction of sp³-hybridized carbons (Fsp3) is 0.615. The molecule has 0 saturated carbocycles. The van der Waals surface area contributed by atoms with E-state index in [0.717, 1.165) is 13.1 Å². The standard InChI is InChI=1S/C13H19N5/c1-2-18-6-4-3-5-12(18)9-16-13-10-15-8-11(7-14)17-13/h8,10,12H,2-6,9H2,1H3,(H,16,17). The van der Waals surface area contributed by atoms with Gasteiger partial charge in [-0.1, -0.05) is 13.3 Å². The van der Waals surface area contributed by atoms with Gasteiger partial charge in [-0.05, 0) is 25.9 Å². The van der Waals surface area contributed by atoms with Crippen molar-refractivity contribution in [1.82, 2.24) is 14.9 Å². The summed E-state index contributed by atoms with van der Waals surface area (Å²) in [6, 6.07) is 2.57. The van der Waals surface area contributed by atoms with Crippen molar-refractivity contribution in [3.05, 3.63) is 18.1 Å². The summed E-state index contributed by atoms with van der Waals surface area (Å²) in [7, 11) is 0. The van der Waals surface area contributed by atoms with Crippen molar-refractivity contribution in [3.63, 3.8) is 0 Å². The average Bonchev–Trinajstić information content (AvgIpc) is 2.45. The quantitative estimate of drug-likeness (QED) is 0.873. The van der Waals surface area contributed by atoms with Gasteiger partial charge in [-0.15, -0.1) is 0 Å². The van der Waals surface area contributed by atoms with E-state index in [-0.39, 0.29) is 0 Å². The number of likely N-dealkylation sites (N-methyl/N-ethyl adjacent to an activating group) is 1. The van der Waals surface area contributed by atoms with Crippen LogP contribution in [0.15, 0.2) is 12.4 Å². The summed E-state index contributed by atoms with van der Waals surface area (Å²) in [6.45, 7) is 5.36.